The predicted octanol–water partition coefficient (Wildman–Crippen LogP) is 3.13. The number of nitrogens with one attached hydrogen (secondary N) is 2. The van der Waals surface area contributed by atoms with Crippen molar-refractivity contribution in [2.45, 2.75) is 6.92 Å². The first-order chi connectivity index (χ1) is 11.1. The topological polar surface area (TPSA) is 58.2 Å². The molecular weight excluding hydrogens is 324 g/mol. The molecule has 24 heavy (non-hydrogen) atoms. The van der Waals surface area contributed by atoms with Gasteiger partial charge in [0.15, 0.2) is 5.78 Å². The van der Waals surface area contributed by atoms with Crippen molar-refractivity contribution in [2.24, 2.45) is 11.8 Å². The lowest BCUT2D eigenvalue weighted by molar-refractivity contribution is -0.121. The Morgan fingerprint density at radius 3 is 2.33 bits per heavy atom. The van der Waals surface area contributed by atoms with Gasteiger partial charge < -0.3 is 10.6 Å². The quantitative estimate of drug-likeness (QED) is 0.819. The summed E-state index contributed by atoms with van der Waals surface area (Å²) >= 11 is 0. The fourth-order valence-corrected chi connectivity index (χ4v) is 2.63. The Labute approximate surface area is 148 Å². The summed E-state index contributed by atoms with van der Waals surface area (Å²) in [4.78, 5) is 24.7. The lowest BCUT2D eigenvalue weighted by Gasteiger charge is -2.31. The third-order valence-electron chi connectivity index (χ3n) is 4.36. The summed E-state index contributed by atoms with van der Waals surface area (Å²) in [6, 6.07) is 16.2. The van der Waals surface area contributed by atoms with Gasteiger partial charge in [0.05, 0.1) is 0 Å². The van der Waals surface area contributed by atoms with E-state index in [4.69, 9.17) is 0 Å². The Bertz CT molecular complexity index is 714. The minimum atomic E-state index is -0.0436. The first-order valence-electron chi connectivity index (χ1n) is 7.86. The van der Waals surface area contributed by atoms with Crippen LogP contribution in [0.4, 0.5) is 5.69 Å². The van der Waals surface area contributed by atoms with Crippen LogP contribution >= 0.6 is 12.4 Å². The van der Waals surface area contributed by atoms with Crippen LogP contribution in [0.3, 0.4) is 0 Å². The van der Waals surface area contributed by atoms with Gasteiger partial charge in [-0.2, -0.15) is 0 Å². The smallest absolute Gasteiger partial charge is 0.227 e. The third-order valence-corrected chi connectivity index (χ3v) is 4.36. The van der Waals surface area contributed by atoms with Gasteiger partial charge in [-0.25, -0.2) is 0 Å². The Balaban J connectivity index is 0.00000208. The summed E-state index contributed by atoms with van der Waals surface area (Å²) in [5.41, 5.74) is 1.88. The monoisotopic (exact) mass is 344 g/mol. The fraction of sp³-hybridized carbons (Fsp3) is 0.263. The largest absolute Gasteiger partial charge is 0.326 e. The minimum Gasteiger partial charge on any atom is -0.326 e. The van der Waals surface area contributed by atoms with Crippen LogP contribution in [0.5, 0.6) is 0 Å². The van der Waals surface area contributed by atoms with Gasteiger partial charge in [-0.1, -0.05) is 49.4 Å². The Hall–Kier alpha value is -2.17. The summed E-state index contributed by atoms with van der Waals surface area (Å²) in [7, 11) is 0. The second-order valence-corrected chi connectivity index (χ2v) is 5.97. The van der Waals surface area contributed by atoms with Crippen LogP contribution in [0.15, 0.2) is 54.6 Å². The summed E-state index contributed by atoms with van der Waals surface area (Å²) in [5, 5.41) is 6.10. The molecule has 3 rings (SSSR count). The summed E-state index contributed by atoms with van der Waals surface area (Å²) in [5.74, 6) is 0.313. The Kier molecular flexibility index (Phi) is 6.12. The molecule has 0 aromatic heterocycles. The summed E-state index contributed by atoms with van der Waals surface area (Å²) in [6.45, 7) is 3.72. The van der Waals surface area contributed by atoms with E-state index < -0.39 is 0 Å². The van der Waals surface area contributed by atoms with Gasteiger partial charge in [-0.15, -0.1) is 12.4 Å². The number of rotatable bonds is 5. The molecule has 1 fully saturated rings. The van der Waals surface area contributed by atoms with Crippen molar-refractivity contribution in [1.29, 1.82) is 0 Å². The van der Waals surface area contributed by atoms with Gasteiger partial charge in [-0.05, 0) is 31.1 Å². The first-order valence-corrected chi connectivity index (χ1v) is 7.86. The van der Waals surface area contributed by atoms with Crippen LogP contribution in [-0.2, 0) is 4.79 Å². The number of anilines is 1. The number of amides is 1. The van der Waals surface area contributed by atoms with Gasteiger partial charge in [0.2, 0.25) is 5.91 Å². The molecule has 0 aliphatic carbocycles. The number of halogens is 1. The van der Waals surface area contributed by atoms with Crippen molar-refractivity contribution in [1.82, 2.24) is 5.32 Å². The molecule has 4 nitrogen and oxygen atoms in total. The predicted molar refractivity (Wildman–Crippen MR) is 97.7 cm³/mol. The van der Waals surface area contributed by atoms with Gasteiger partial charge in [-0.3, -0.25) is 9.59 Å². The van der Waals surface area contributed by atoms with E-state index >= 15 is 0 Å². The highest BCUT2D eigenvalue weighted by Gasteiger charge is 2.28. The highest BCUT2D eigenvalue weighted by molar-refractivity contribution is 6.09. The maximum atomic E-state index is 12.5. The lowest BCUT2D eigenvalue weighted by atomic mass is 9.88. The number of ketones is 1. The average Bonchev–Trinajstić information content (AvgIpc) is 2.53. The van der Waals surface area contributed by atoms with Gasteiger partial charge in [0.25, 0.3) is 0 Å². The second-order valence-electron chi connectivity index (χ2n) is 5.97. The van der Waals surface area contributed by atoms with Crippen LogP contribution in [-0.4, -0.2) is 24.8 Å². The molecule has 1 aliphatic rings. The number of carbonyl (C=O) groups excluding carboxylic acids is 2. The van der Waals surface area contributed by atoms with Crippen molar-refractivity contribution in [2.75, 3.05) is 18.4 Å². The van der Waals surface area contributed by atoms with Crippen molar-refractivity contribution >= 4 is 29.8 Å². The standard InChI is InChI=1S/C19H20N2O2.ClH/c1-13(16-11-20-12-16)19(23)21-17-9-5-8-15(10-17)18(22)14-6-3-2-4-7-14;/h2-10,13,16,20H,11-12H2,1H3,(H,21,23);1H. The number of hydrogen-bond donors (Lipinski definition) is 2. The molecule has 2 aromatic rings. The molecule has 126 valence electrons. The maximum Gasteiger partial charge on any atom is 0.227 e. The fourth-order valence-electron chi connectivity index (χ4n) is 2.63. The Morgan fingerprint density at radius 2 is 1.71 bits per heavy atom. The molecular formula is C19H21ClN2O2. The molecule has 0 radical (unpaired) electrons. The van der Waals surface area contributed by atoms with Crippen LogP contribution in [0.25, 0.3) is 0 Å². The molecule has 0 spiro atoms. The summed E-state index contributed by atoms with van der Waals surface area (Å²) in [6.07, 6.45) is 0. The van der Waals surface area contributed by atoms with E-state index in [-0.39, 0.29) is 30.0 Å². The zero-order valence-corrected chi connectivity index (χ0v) is 14.3. The molecule has 1 amide bonds. The number of carbonyl (C=O) groups is 2. The third kappa shape index (κ3) is 4.02. The highest BCUT2D eigenvalue weighted by atomic mass is 35.5. The molecule has 5 heteroatoms. The minimum absolute atomic E-state index is 0. The van der Waals surface area contributed by atoms with Crippen LogP contribution in [0.1, 0.15) is 22.8 Å². The van der Waals surface area contributed by atoms with E-state index in [0.717, 1.165) is 13.1 Å². The van der Waals surface area contributed by atoms with E-state index in [2.05, 4.69) is 10.6 Å². The molecule has 0 saturated carbocycles. The van der Waals surface area contributed by atoms with Crippen molar-refractivity contribution in [3.8, 4) is 0 Å². The zero-order valence-electron chi connectivity index (χ0n) is 13.5. The Morgan fingerprint density at radius 1 is 1.04 bits per heavy atom. The first kappa shape index (κ1) is 18.2. The molecule has 1 aliphatic heterocycles. The van der Waals surface area contributed by atoms with Gasteiger partial charge >= 0.3 is 0 Å². The van der Waals surface area contributed by atoms with E-state index in [9.17, 15) is 9.59 Å². The molecule has 1 heterocycles. The van der Waals surface area contributed by atoms with Gasteiger partial charge in [0, 0.05) is 22.7 Å². The van der Waals surface area contributed by atoms with Crippen LogP contribution in [0, 0.1) is 11.8 Å². The van der Waals surface area contributed by atoms with E-state index in [1.807, 2.05) is 31.2 Å². The van der Waals surface area contributed by atoms with Crippen LogP contribution in [0.2, 0.25) is 0 Å². The van der Waals surface area contributed by atoms with E-state index in [1.54, 1.807) is 30.3 Å². The number of benzene rings is 2. The second kappa shape index (κ2) is 8.08. The maximum absolute atomic E-state index is 12.5. The molecule has 2 aromatic carbocycles. The van der Waals surface area contributed by atoms with E-state index in [0.29, 0.717) is 22.7 Å². The lowest BCUT2D eigenvalue weighted by Crippen LogP contribution is -2.48. The normalized spacial score (nSPS) is 14.9. The molecule has 1 unspecified atom stereocenters. The summed E-state index contributed by atoms with van der Waals surface area (Å²) < 4.78 is 0. The van der Waals surface area contributed by atoms with Crippen molar-refractivity contribution in [3.05, 3.63) is 65.7 Å². The average molecular weight is 345 g/mol. The molecule has 1 saturated heterocycles. The highest BCUT2D eigenvalue weighted by Crippen LogP contribution is 2.20. The molecule has 0 bridgehead atoms. The SMILES string of the molecule is CC(C(=O)Nc1cccc(C(=O)c2ccccc2)c1)C1CNC1.Cl. The van der Waals surface area contributed by atoms with Crippen LogP contribution < -0.4 is 10.6 Å². The van der Waals surface area contributed by atoms with E-state index in [1.165, 1.54) is 0 Å². The molecule has 2 N–H and O–H groups in total. The number of hydrogen-bond acceptors (Lipinski definition) is 3. The zero-order chi connectivity index (χ0) is 16.2. The molecule has 1 atom stereocenters. The van der Waals surface area contributed by atoms with Gasteiger partial charge in [0.1, 0.15) is 0 Å². The van der Waals surface area contributed by atoms with Crippen molar-refractivity contribution < 1.29 is 9.59 Å². The van der Waals surface area contributed by atoms with Crippen molar-refractivity contribution in [3.63, 3.8) is 0 Å².